The van der Waals surface area contributed by atoms with E-state index in [4.69, 9.17) is 9.47 Å². The van der Waals surface area contributed by atoms with E-state index in [9.17, 15) is 19.2 Å². The number of ketones is 2. The third kappa shape index (κ3) is 4.55. The number of carbonyl (C=O) groups excluding carboxylic acids is 4. The molecule has 0 amide bonds. The monoisotopic (exact) mass is 386 g/mol. The lowest BCUT2D eigenvalue weighted by Gasteiger charge is -2.26. The van der Waals surface area contributed by atoms with E-state index in [0.717, 1.165) is 0 Å². The molecule has 0 N–H and O–H groups in total. The molecule has 0 saturated heterocycles. The van der Waals surface area contributed by atoms with Crippen molar-refractivity contribution >= 4 is 23.5 Å². The summed E-state index contributed by atoms with van der Waals surface area (Å²) in [6.07, 6.45) is 1.73. The van der Waals surface area contributed by atoms with E-state index in [1.54, 1.807) is 19.9 Å². The summed E-state index contributed by atoms with van der Waals surface area (Å²) in [7, 11) is 0. The molecule has 0 spiro atoms. The molecule has 1 aliphatic carbocycles. The molecule has 150 valence electrons. The van der Waals surface area contributed by atoms with Gasteiger partial charge in [0.25, 0.3) is 0 Å². The molecule has 2 aliphatic rings. The van der Waals surface area contributed by atoms with Crippen LogP contribution in [0.15, 0.2) is 47.6 Å². The number of rotatable bonds is 3. The standard InChI is InChI=1S/C22H26O6/c1-11(2)16-8-7-15-10-18(28-22(15)26)19(12(3)4)17(24)9-13(5)20(25)21(16)27-14(6)23/h9-10,16,18-19,21H,1,3,7-8H2,2,4-6H3. The van der Waals surface area contributed by atoms with Crippen molar-refractivity contribution in [2.24, 2.45) is 11.8 Å². The molecule has 0 aromatic carbocycles. The second kappa shape index (κ2) is 8.50. The largest absolute Gasteiger partial charge is 0.454 e. The van der Waals surface area contributed by atoms with Crippen LogP contribution in [0.1, 0.15) is 40.5 Å². The Balaban J connectivity index is 2.56. The van der Waals surface area contributed by atoms with Gasteiger partial charge in [-0.25, -0.2) is 4.79 Å². The van der Waals surface area contributed by atoms with Gasteiger partial charge in [0.2, 0.25) is 0 Å². The van der Waals surface area contributed by atoms with Crippen LogP contribution in [0.25, 0.3) is 0 Å². The van der Waals surface area contributed by atoms with Crippen LogP contribution >= 0.6 is 0 Å². The van der Waals surface area contributed by atoms with Gasteiger partial charge in [-0.05, 0) is 51.3 Å². The number of allylic oxidation sites excluding steroid dienone is 1. The molecule has 6 heteroatoms. The minimum atomic E-state index is -1.10. The number of Topliss-reactive ketones (excluding diaryl/α,β-unsaturated/α-hetero) is 1. The maximum Gasteiger partial charge on any atom is 0.334 e. The third-order valence-corrected chi connectivity index (χ3v) is 5.06. The predicted octanol–water partition coefficient (Wildman–Crippen LogP) is 3.03. The van der Waals surface area contributed by atoms with Crippen LogP contribution in [0, 0.1) is 11.8 Å². The molecular weight excluding hydrogens is 360 g/mol. The molecule has 0 radical (unpaired) electrons. The number of esters is 2. The second-order valence-corrected chi connectivity index (χ2v) is 7.50. The van der Waals surface area contributed by atoms with E-state index in [2.05, 4.69) is 13.2 Å². The average molecular weight is 386 g/mol. The Bertz CT molecular complexity index is 813. The van der Waals surface area contributed by atoms with Crippen LogP contribution in [0.4, 0.5) is 0 Å². The molecule has 0 aromatic rings. The van der Waals surface area contributed by atoms with Gasteiger partial charge >= 0.3 is 11.9 Å². The van der Waals surface area contributed by atoms with Crippen molar-refractivity contribution in [2.45, 2.75) is 52.7 Å². The number of ether oxygens (including phenoxy) is 2. The quantitative estimate of drug-likeness (QED) is 0.547. The zero-order valence-electron chi connectivity index (χ0n) is 16.7. The van der Waals surface area contributed by atoms with E-state index in [1.807, 2.05) is 0 Å². The van der Waals surface area contributed by atoms with Gasteiger partial charge in [-0.3, -0.25) is 14.4 Å². The summed E-state index contributed by atoms with van der Waals surface area (Å²) in [4.78, 5) is 49.7. The minimum absolute atomic E-state index is 0.169. The van der Waals surface area contributed by atoms with Crippen LogP contribution in [0.2, 0.25) is 0 Å². The maximum atomic E-state index is 13.0. The molecule has 0 fully saturated rings. The number of carbonyl (C=O) groups is 4. The fourth-order valence-corrected chi connectivity index (χ4v) is 3.60. The molecule has 1 aliphatic heterocycles. The van der Waals surface area contributed by atoms with Gasteiger partial charge in [-0.15, -0.1) is 0 Å². The lowest BCUT2D eigenvalue weighted by molar-refractivity contribution is -0.154. The molecular formula is C22H26O6. The van der Waals surface area contributed by atoms with Crippen molar-refractivity contribution in [3.8, 4) is 0 Å². The van der Waals surface area contributed by atoms with E-state index >= 15 is 0 Å². The highest BCUT2D eigenvalue weighted by Gasteiger charge is 2.39. The highest BCUT2D eigenvalue weighted by atomic mass is 16.6. The van der Waals surface area contributed by atoms with Crippen molar-refractivity contribution in [3.05, 3.63) is 47.6 Å². The minimum Gasteiger partial charge on any atom is -0.454 e. The summed E-state index contributed by atoms with van der Waals surface area (Å²) in [5.41, 5.74) is 1.79. The van der Waals surface area contributed by atoms with Crippen molar-refractivity contribution in [1.29, 1.82) is 0 Å². The lowest BCUT2D eigenvalue weighted by atomic mass is 9.83. The Morgan fingerprint density at radius 2 is 1.79 bits per heavy atom. The van der Waals surface area contributed by atoms with Crippen LogP contribution < -0.4 is 0 Å². The first kappa shape index (κ1) is 21.5. The average Bonchev–Trinajstić information content (AvgIpc) is 2.91. The highest BCUT2D eigenvalue weighted by Crippen LogP contribution is 2.33. The SMILES string of the molecule is C=C(C)C1CCC2=CC(OC2=O)C(C(=C)C)C(=O)C=C(C)C(=O)C1OC(C)=O. The van der Waals surface area contributed by atoms with Crippen LogP contribution in [-0.2, 0) is 28.7 Å². The fraction of sp³-hybridized carbons (Fsp3) is 0.455. The smallest absolute Gasteiger partial charge is 0.334 e. The molecule has 4 unspecified atom stereocenters. The summed E-state index contributed by atoms with van der Waals surface area (Å²) < 4.78 is 10.7. The van der Waals surface area contributed by atoms with Crippen molar-refractivity contribution in [2.75, 3.05) is 0 Å². The molecule has 6 nitrogen and oxygen atoms in total. The zero-order chi connectivity index (χ0) is 21.2. The van der Waals surface area contributed by atoms with E-state index < -0.39 is 41.8 Å². The van der Waals surface area contributed by atoms with Crippen molar-refractivity contribution in [1.82, 2.24) is 0 Å². The molecule has 1 heterocycles. The lowest BCUT2D eigenvalue weighted by Crippen LogP contribution is -2.36. The number of hydrogen-bond donors (Lipinski definition) is 0. The van der Waals surface area contributed by atoms with Crippen molar-refractivity contribution < 1.29 is 28.7 Å². The first-order chi connectivity index (χ1) is 13.0. The summed E-state index contributed by atoms with van der Waals surface area (Å²) in [5.74, 6) is -3.18. The van der Waals surface area contributed by atoms with Gasteiger partial charge in [0.15, 0.2) is 17.7 Å². The Morgan fingerprint density at radius 3 is 2.32 bits per heavy atom. The Labute approximate surface area is 165 Å². The third-order valence-electron chi connectivity index (χ3n) is 5.06. The van der Waals surface area contributed by atoms with Gasteiger partial charge in [-0.1, -0.05) is 24.3 Å². The summed E-state index contributed by atoms with van der Waals surface area (Å²) in [6, 6.07) is 0. The Morgan fingerprint density at radius 1 is 1.14 bits per heavy atom. The van der Waals surface area contributed by atoms with Gasteiger partial charge < -0.3 is 9.47 Å². The molecule has 4 atom stereocenters. The van der Waals surface area contributed by atoms with Gasteiger partial charge in [-0.2, -0.15) is 0 Å². The molecule has 0 saturated carbocycles. The molecule has 28 heavy (non-hydrogen) atoms. The zero-order valence-corrected chi connectivity index (χ0v) is 16.7. The summed E-state index contributed by atoms with van der Waals surface area (Å²) in [6.45, 7) is 13.9. The van der Waals surface area contributed by atoms with Crippen LogP contribution in [0.3, 0.4) is 0 Å². The Kier molecular flexibility index (Phi) is 6.54. The fourth-order valence-electron chi connectivity index (χ4n) is 3.60. The Hall–Kier alpha value is -2.76. The van der Waals surface area contributed by atoms with Crippen LogP contribution in [-0.4, -0.2) is 35.7 Å². The van der Waals surface area contributed by atoms with E-state index in [-0.39, 0.29) is 11.4 Å². The van der Waals surface area contributed by atoms with Gasteiger partial charge in [0, 0.05) is 18.4 Å². The number of fused-ring (bicyclic) bond motifs is 1. The number of hydrogen-bond acceptors (Lipinski definition) is 6. The van der Waals surface area contributed by atoms with Crippen LogP contribution in [0.5, 0.6) is 0 Å². The van der Waals surface area contributed by atoms with Gasteiger partial charge in [0.05, 0.1) is 5.92 Å². The first-order valence-electron chi connectivity index (χ1n) is 9.19. The maximum absolute atomic E-state index is 13.0. The molecule has 0 aromatic heterocycles. The van der Waals surface area contributed by atoms with E-state index in [0.29, 0.717) is 29.6 Å². The summed E-state index contributed by atoms with van der Waals surface area (Å²) in [5, 5.41) is 0. The van der Waals surface area contributed by atoms with Gasteiger partial charge in [0.1, 0.15) is 6.10 Å². The summed E-state index contributed by atoms with van der Waals surface area (Å²) >= 11 is 0. The second-order valence-electron chi connectivity index (χ2n) is 7.50. The van der Waals surface area contributed by atoms with Crippen molar-refractivity contribution in [3.63, 3.8) is 0 Å². The predicted molar refractivity (Wildman–Crippen MR) is 103 cm³/mol. The highest BCUT2D eigenvalue weighted by molar-refractivity contribution is 6.07. The topological polar surface area (TPSA) is 86.7 Å². The molecule has 2 bridgehead atoms. The first-order valence-corrected chi connectivity index (χ1v) is 9.19. The van der Waals surface area contributed by atoms with E-state index in [1.165, 1.54) is 19.9 Å². The molecule has 2 rings (SSSR count). The normalized spacial score (nSPS) is 28.4.